The third-order valence-corrected chi connectivity index (χ3v) is 5.45. The fourth-order valence-electron chi connectivity index (χ4n) is 2.59. The summed E-state index contributed by atoms with van der Waals surface area (Å²) >= 11 is 2.08. The Morgan fingerprint density at radius 3 is 3.09 bits per heavy atom. The average Bonchev–Trinajstić information content (AvgIpc) is 2.59. The highest BCUT2D eigenvalue weighted by Crippen LogP contribution is 2.25. The van der Waals surface area contributed by atoms with Gasteiger partial charge in [-0.2, -0.15) is 11.8 Å². The second kappa shape index (κ2) is 9.01. The van der Waals surface area contributed by atoms with Gasteiger partial charge in [0.25, 0.3) is 0 Å². The van der Waals surface area contributed by atoms with Gasteiger partial charge in [0.1, 0.15) is 0 Å². The number of thioether (sulfide) groups is 1. The third kappa shape index (κ3) is 5.03. The first-order valence-corrected chi connectivity index (χ1v) is 9.33. The highest BCUT2D eigenvalue weighted by Gasteiger charge is 2.24. The molecule has 0 radical (unpaired) electrons. The number of guanidine groups is 1. The molecule has 1 fully saturated rings. The zero-order valence-electron chi connectivity index (χ0n) is 14.6. The fraction of sp³-hybridized carbons (Fsp3) is 0.647. The number of nitrogens with zero attached hydrogens (tertiary/aromatic N) is 3. The van der Waals surface area contributed by atoms with E-state index in [0.29, 0.717) is 23.6 Å². The molecule has 1 saturated heterocycles. The van der Waals surface area contributed by atoms with Gasteiger partial charge in [-0.25, -0.2) is 9.98 Å². The zero-order valence-corrected chi connectivity index (χ0v) is 15.4. The fourth-order valence-corrected chi connectivity index (χ4v) is 3.88. The lowest BCUT2D eigenvalue weighted by atomic mass is 10.1. The van der Waals surface area contributed by atoms with Gasteiger partial charge in [0, 0.05) is 42.4 Å². The quantitative estimate of drug-likeness (QED) is 0.662. The lowest BCUT2D eigenvalue weighted by molar-refractivity contribution is 0.379. The molecule has 0 saturated carbocycles. The summed E-state index contributed by atoms with van der Waals surface area (Å²) in [5, 5.41) is 4.09. The summed E-state index contributed by atoms with van der Waals surface area (Å²) in [7, 11) is 1.65. The van der Waals surface area contributed by atoms with Crippen molar-refractivity contribution in [1.82, 2.24) is 15.2 Å². The maximum atomic E-state index is 5.31. The Morgan fingerprint density at radius 1 is 1.57 bits per heavy atom. The van der Waals surface area contributed by atoms with Gasteiger partial charge in [-0.1, -0.05) is 19.9 Å². The molecule has 0 aliphatic carbocycles. The first-order chi connectivity index (χ1) is 11.2. The highest BCUT2D eigenvalue weighted by atomic mass is 32.2. The molecule has 5 nitrogen and oxygen atoms in total. The Labute approximate surface area is 143 Å². The molecule has 23 heavy (non-hydrogen) atoms. The van der Waals surface area contributed by atoms with Crippen LogP contribution in [0.15, 0.2) is 23.3 Å². The Morgan fingerprint density at radius 2 is 2.39 bits per heavy atom. The van der Waals surface area contributed by atoms with E-state index < -0.39 is 0 Å². The Bertz CT molecular complexity index is 521. The zero-order chi connectivity index (χ0) is 16.7. The van der Waals surface area contributed by atoms with Crippen molar-refractivity contribution in [2.45, 2.75) is 32.6 Å². The van der Waals surface area contributed by atoms with Gasteiger partial charge in [0.05, 0.1) is 13.7 Å². The maximum absolute atomic E-state index is 5.31. The van der Waals surface area contributed by atoms with Crippen LogP contribution in [0, 0.1) is 5.92 Å². The van der Waals surface area contributed by atoms with Crippen molar-refractivity contribution in [2.75, 3.05) is 32.5 Å². The molecule has 2 heterocycles. The van der Waals surface area contributed by atoms with E-state index in [2.05, 4.69) is 47.7 Å². The average molecular weight is 337 g/mol. The van der Waals surface area contributed by atoms with Crippen LogP contribution >= 0.6 is 11.8 Å². The van der Waals surface area contributed by atoms with Gasteiger partial charge in [-0.3, -0.25) is 0 Å². The number of hydrogen-bond acceptors (Lipinski definition) is 4. The van der Waals surface area contributed by atoms with E-state index in [1.54, 1.807) is 13.3 Å². The molecule has 2 rings (SSSR count). The second-order valence-corrected chi connectivity index (χ2v) is 7.29. The summed E-state index contributed by atoms with van der Waals surface area (Å²) in [6.45, 7) is 10.3. The van der Waals surface area contributed by atoms with Gasteiger partial charge in [0.2, 0.25) is 5.88 Å². The van der Waals surface area contributed by atoms with Crippen LogP contribution in [-0.2, 0) is 6.54 Å². The molecule has 0 amide bonds. The first kappa shape index (κ1) is 17.9. The molecule has 1 aliphatic heterocycles. The van der Waals surface area contributed by atoms with Crippen LogP contribution in [0.5, 0.6) is 5.88 Å². The molecule has 128 valence electrons. The van der Waals surface area contributed by atoms with Gasteiger partial charge in [0.15, 0.2) is 5.96 Å². The summed E-state index contributed by atoms with van der Waals surface area (Å²) in [6.07, 6.45) is 1.74. The van der Waals surface area contributed by atoms with Crippen molar-refractivity contribution in [2.24, 2.45) is 10.9 Å². The Kier molecular flexibility index (Phi) is 7.02. The summed E-state index contributed by atoms with van der Waals surface area (Å²) < 4.78 is 5.31. The molecule has 1 unspecified atom stereocenters. The smallest absolute Gasteiger partial charge is 0.218 e. The summed E-state index contributed by atoms with van der Waals surface area (Å²) in [4.78, 5) is 11.4. The van der Waals surface area contributed by atoms with Crippen molar-refractivity contribution in [3.8, 4) is 5.88 Å². The van der Waals surface area contributed by atoms with Crippen LogP contribution in [0.25, 0.3) is 0 Å². The first-order valence-electron chi connectivity index (χ1n) is 8.28. The molecule has 0 aromatic carbocycles. The van der Waals surface area contributed by atoms with Gasteiger partial charge < -0.3 is 15.0 Å². The van der Waals surface area contributed by atoms with Crippen molar-refractivity contribution in [3.05, 3.63) is 23.9 Å². The van der Waals surface area contributed by atoms with Crippen LogP contribution in [0.2, 0.25) is 0 Å². The van der Waals surface area contributed by atoms with Gasteiger partial charge >= 0.3 is 0 Å². The molecule has 0 spiro atoms. The molecule has 1 aromatic heterocycles. The van der Waals surface area contributed by atoms with E-state index in [-0.39, 0.29) is 0 Å². The van der Waals surface area contributed by atoms with E-state index in [0.717, 1.165) is 36.9 Å². The minimum absolute atomic E-state index is 0.579. The van der Waals surface area contributed by atoms with E-state index in [9.17, 15) is 0 Å². The number of pyridine rings is 1. The van der Waals surface area contributed by atoms with Crippen LogP contribution in [-0.4, -0.2) is 53.6 Å². The minimum atomic E-state index is 0.579. The van der Waals surface area contributed by atoms with E-state index in [4.69, 9.17) is 9.73 Å². The lowest BCUT2D eigenvalue weighted by Crippen LogP contribution is -2.49. The van der Waals surface area contributed by atoms with Crippen LogP contribution in [0.3, 0.4) is 0 Å². The van der Waals surface area contributed by atoms with Crippen LogP contribution < -0.4 is 10.1 Å². The molecular weight excluding hydrogens is 308 g/mol. The number of rotatable bonds is 5. The molecule has 0 bridgehead atoms. The van der Waals surface area contributed by atoms with Crippen molar-refractivity contribution in [1.29, 1.82) is 0 Å². The molecule has 1 aromatic rings. The number of ether oxygens (including phenoxy) is 1. The normalized spacial score (nSPS) is 19.1. The summed E-state index contributed by atoms with van der Waals surface area (Å²) in [5.74, 6) is 3.48. The number of methoxy groups -OCH3 is 1. The van der Waals surface area contributed by atoms with Crippen LogP contribution in [0.1, 0.15) is 26.3 Å². The number of aliphatic imine (C=N–C) groups is 1. The van der Waals surface area contributed by atoms with Gasteiger partial charge in [-0.05, 0) is 18.9 Å². The maximum Gasteiger partial charge on any atom is 0.218 e. The Balaban J connectivity index is 2.10. The standard InChI is InChI=1S/C17H28N4OS/c1-5-18-17(21-9-10-23-15(12-21)13(2)3)20-11-14-7-6-8-19-16(14)22-4/h6-8,13,15H,5,9-12H2,1-4H3,(H,18,20). The molecule has 6 heteroatoms. The van der Waals surface area contributed by atoms with Crippen molar-refractivity contribution < 1.29 is 4.74 Å². The van der Waals surface area contributed by atoms with Crippen LogP contribution in [0.4, 0.5) is 0 Å². The molecule has 1 N–H and O–H groups in total. The number of nitrogens with one attached hydrogen (secondary N) is 1. The molecular formula is C17H28N4OS. The largest absolute Gasteiger partial charge is 0.481 e. The predicted molar refractivity (Wildman–Crippen MR) is 98.3 cm³/mol. The highest BCUT2D eigenvalue weighted by molar-refractivity contribution is 8.00. The lowest BCUT2D eigenvalue weighted by Gasteiger charge is -2.36. The monoisotopic (exact) mass is 336 g/mol. The summed E-state index contributed by atoms with van der Waals surface area (Å²) in [6, 6.07) is 3.94. The second-order valence-electron chi connectivity index (χ2n) is 5.94. The number of hydrogen-bond donors (Lipinski definition) is 1. The predicted octanol–water partition coefficient (Wildman–Crippen LogP) is 2.63. The molecule has 1 aliphatic rings. The topological polar surface area (TPSA) is 49.8 Å². The number of aromatic nitrogens is 1. The summed E-state index contributed by atoms with van der Waals surface area (Å²) in [5.41, 5.74) is 1.01. The van der Waals surface area contributed by atoms with E-state index in [1.165, 1.54) is 0 Å². The van der Waals surface area contributed by atoms with Gasteiger partial charge in [-0.15, -0.1) is 0 Å². The van der Waals surface area contributed by atoms with Crippen molar-refractivity contribution in [3.63, 3.8) is 0 Å². The Hall–Kier alpha value is -1.43. The van der Waals surface area contributed by atoms with Crippen molar-refractivity contribution >= 4 is 17.7 Å². The molecule has 1 atom stereocenters. The third-order valence-electron chi connectivity index (χ3n) is 3.91. The van der Waals surface area contributed by atoms with E-state index >= 15 is 0 Å². The SMILES string of the molecule is CCNC(=NCc1cccnc1OC)N1CCSC(C(C)C)C1. The minimum Gasteiger partial charge on any atom is -0.481 e. The van der Waals surface area contributed by atoms with E-state index in [1.807, 2.05) is 12.1 Å².